The van der Waals surface area contributed by atoms with E-state index in [4.69, 9.17) is 10.2 Å². The Labute approximate surface area is 116 Å². The molecule has 1 rings (SSSR count). The number of hydrogen-bond donors (Lipinski definition) is 4. The van der Waals surface area contributed by atoms with Crippen molar-refractivity contribution in [1.82, 2.24) is 10.2 Å². The van der Waals surface area contributed by atoms with Gasteiger partial charge in [0, 0.05) is 32.3 Å². The van der Waals surface area contributed by atoms with Crippen LogP contribution in [-0.4, -0.2) is 71.8 Å². The van der Waals surface area contributed by atoms with Crippen LogP contribution in [0.15, 0.2) is 0 Å². The lowest BCUT2D eigenvalue weighted by atomic mass is 9.89. The number of nitrogens with zero attached hydrogens (tertiary/aromatic N) is 1. The summed E-state index contributed by atoms with van der Waals surface area (Å²) < 4.78 is 0. The van der Waals surface area contributed by atoms with Gasteiger partial charge in [-0.3, -0.25) is 4.90 Å². The van der Waals surface area contributed by atoms with Gasteiger partial charge in [-0.15, -0.1) is 0 Å². The number of β-amino-alcohol motifs (C(OH)–C–C–N with tert-alkyl or cyclic N) is 1. The third-order valence-electron chi connectivity index (χ3n) is 3.87. The second-order valence-corrected chi connectivity index (χ2v) is 5.61. The van der Waals surface area contributed by atoms with Crippen molar-refractivity contribution < 1.29 is 15.3 Å². The van der Waals surface area contributed by atoms with Crippen molar-refractivity contribution in [2.45, 2.75) is 44.8 Å². The fraction of sp³-hybridized carbons (Fsp3) is 1.00. The van der Waals surface area contributed by atoms with Crippen LogP contribution in [0.4, 0.5) is 0 Å². The van der Waals surface area contributed by atoms with Crippen LogP contribution in [0.5, 0.6) is 0 Å². The number of aliphatic hydroxyl groups excluding tert-OH is 3. The molecule has 1 fully saturated rings. The molecule has 1 heterocycles. The summed E-state index contributed by atoms with van der Waals surface area (Å²) >= 11 is 0. The maximum absolute atomic E-state index is 9.81. The summed E-state index contributed by atoms with van der Waals surface area (Å²) in [6.45, 7) is 5.87. The molecule has 0 aromatic rings. The highest BCUT2D eigenvalue weighted by atomic mass is 16.3. The van der Waals surface area contributed by atoms with E-state index in [1.165, 1.54) is 0 Å². The third kappa shape index (κ3) is 6.68. The smallest absolute Gasteiger partial charge is 0.0558 e. The summed E-state index contributed by atoms with van der Waals surface area (Å²) in [4.78, 5) is 2.27. The van der Waals surface area contributed by atoms with E-state index in [-0.39, 0.29) is 19.3 Å². The minimum Gasteiger partial charge on any atom is -0.396 e. The van der Waals surface area contributed by atoms with Crippen molar-refractivity contribution >= 4 is 0 Å². The molecule has 5 heteroatoms. The lowest BCUT2D eigenvalue weighted by Gasteiger charge is -2.38. The largest absolute Gasteiger partial charge is 0.396 e. The molecule has 3 unspecified atom stereocenters. The highest BCUT2D eigenvalue weighted by molar-refractivity contribution is 4.84. The van der Waals surface area contributed by atoms with E-state index < -0.39 is 0 Å². The van der Waals surface area contributed by atoms with Gasteiger partial charge in [0.2, 0.25) is 0 Å². The number of aliphatic hydroxyl groups is 3. The van der Waals surface area contributed by atoms with E-state index in [0.29, 0.717) is 18.5 Å². The molecule has 3 atom stereocenters. The molecule has 1 aliphatic rings. The van der Waals surface area contributed by atoms with Crippen LogP contribution >= 0.6 is 0 Å². The average Bonchev–Trinajstić information content (AvgIpc) is 2.39. The summed E-state index contributed by atoms with van der Waals surface area (Å²) in [7, 11) is 0. The number of piperidine rings is 1. The highest BCUT2D eigenvalue weighted by Gasteiger charge is 2.27. The lowest BCUT2D eigenvalue weighted by molar-refractivity contribution is 0.0745. The fourth-order valence-electron chi connectivity index (χ4n) is 2.88. The van der Waals surface area contributed by atoms with Gasteiger partial charge in [0.15, 0.2) is 0 Å². The molecule has 0 aromatic carbocycles. The van der Waals surface area contributed by atoms with Crippen LogP contribution in [0.1, 0.15) is 32.6 Å². The number of rotatable bonds is 9. The minimum absolute atomic E-state index is 0.187. The normalized spacial score (nSPS) is 26.5. The first-order valence-corrected chi connectivity index (χ1v) is 7.55. The van der Waals surface area contributed by atoms with E-state index in [1.807, 2.05) is 6.92 Å². The van der Waals surface area contributed by atoms with E-state index >= 15 is 0 Å². The minimum atomic E-state index is -0.211. The quantitative estimate of drug-likeness (QED) is 0.438. The lowest BCUT2D eigenvalue weighted by Crippen LogP contribution is -2.50. The van der Waals surface area contributed by atoms with Gasteiger partial charge in [-0.05, 0) is 38.1 Å². The van der Waals surface area contributed by atoms with Gasteiger partial charge in [0.05, 0.1) is 12.7 Å². The molecule has 4 N–H and O–H groups in total. The maximum atomic E-state index is 9.81. The Morgan fingerprint density at radius 2 is 2.05 bits per heavy atom. The molecule has 0 aromatic heterocycles. The van der Waals surface area contributed by atoms with Gasteiger partial charge in [-0.2, -0.15) is 0 Å². The predicted octanol–water partition coefficient (Wildman–Crippen LogP) is -0.198. The first-order valence-electron chi connectivity index (χ1n) is 7.55. The molecule has 19 heavy (non-hydrogen) atoms. The molecule has 0 amide bonds. The Balaban J connectivity index is 2.42. The van der Waals surface area contributed by atoms with Crippen molar-refractivity contribution in [2.24, 2.45) is 5.92 Å². The molecular formula is C14H30N2O3. The molecule has 0 saturated carbocycles. The molecule has 5 nitrogen and oxygen atoms in total. The number of nitrogens with one attached hydrogen (secondary N) is 1. The van der Waals surface area contributed by atoms with Crippen molar-refractivity contribution in [1.29, 1.82) is 0 Å². The standard InChI is InChI=1S/C14H30N2O3/c1-2-14(19)9-12-8-13(15-4-3-6-17)11-16(10-12)5-7-18/h12-15,17-19H,2-11H2,1H3. The molecule has 0 bridgehead atoms. The van der Waals surface area contributed by atoms with Crippen molar-refractivity contribution in [2.75, 3.05) is 39.4 Å². The van der Waals surface area contributed by atoms with Gasteiger partial charge in [0.25, 0.3) is 0 Å². The second kappa shape index (κ2) is 9.66. The second-order valence-electron chi connectivity index (χ2n) is 5.61. The van der Waals surface area contributed by atoms with Gasteiger partial charge in [-0.25, -0.2) is 0 Å². The maximum Gasteiger partial charge on any atom is 0.0558 e. The Morgan fingerprint density at radius 1 is 1.26 bits per heavy atom. The molecule has 114 valence electrons. The Kier molecular flexibility index (Phi) is 8.57. The molecule has 0 spiro atoms. The first kappa shape index (κ1) is 16.9. The first-order chi connectivity index (χ1) is 9.19. The monoisotopic (exact) mass is 274 g/mol. The molecular weight excluding hydrogens is 244 g/mol. The predicted molar refractivity (Wildman–Crippen MR) is 76.0 cm³/mol. The van der Waals surface area contributed by atoms with Crippen LogP contribution in [0.25, 0.3) is 0 Å². The summed E-state index contributed by atoms with van der Waals surface area (Å²) in [5, 5.41) is 31.2. The number of hydrogen-bond acceptors (Lipinski definition) is 5. The van der Waals surface area contributed by atoms with Crippen LogP contribution in [-0.2, 0) is 0 Å². The molecule has 0 aliphatic carbocycles. The summed E-state index contributed by atoms with van der Waals surface area (Å²) in [6, 6.07) is 0.404. The Hall–Kier alpha value is -0.200. The summed E-state index contributed by atoms with van der Waals surface area (Å²) in [5.41, 5.74) is 0. The van der Waals surface area contributed by atoms with E-state index in [2.05, 4.69) is 10.2 Å². The van der Waals surface area contributed by atoms with Crippen LogP contribution in [0, 0.1) is 5.92 Å². The van der Waals surface area contributed by atoms with Crippen LogP contribution in [0.3, 0.4) is 0 Å². The zero-order valence-corrected chi connectivity index (χ0v) is 12.1. The van der Waals surface area contributed by atoms with E-state index in [9.17, 15) is 5.11 Å². The molecule has 0 radical (unpaired) electrons. The van der Waals surface area contributed by atoms with Gasteiger partial charge in [0.1, 0.15) is 0 Å². The van der Waals surface area contributed by atoms with E-state index in [0.717, 1.165) is 45.3 Å². The van der Waals surface area contributed by atoms with Gasteiger partial charge in [-0.1, -0.05) is 6.92 Å². The zero-order chi connectivity index (χ0) is 14.1. The van der Waals surface area contributed by atoms with E-state index in [1.54, 1.807) is 0 Å². The van der Waals surface area contributed by atoms with Gasteiger partial charge >= 0.3 is 0 Å². The average molecular weight is 274 g/mol. The van der Waals surface area contributed by atoms with Crippen molar-refractivity contribution in [3.05, 3.63) is 0 Å². The van der Waals surface area contributed by atoms with Crippen LogP contribution < -0.4 is 5.32 Å². The zero-order valence-electron chi connectivity index (χ0n) is 12.1. The fourth-order valence-corrected chi connectivity index (χ4v) is 2.88. The SMILES string of the molecule is CCC(O)CC1CC(NCCCO)CN(CCO)C1. The summed E-state index contributed by atoms with van der Waals surface area (Å²) in [6.07, 6.45) is 3.29. The Morgan fingerprint density at radius 3 is 2.68 bits per heavy atom. The topological polar surface area (TPSA) is 76.0 Å². The van der Waals surface area contributed by atoms with Gasteiger partial charge < -0.3 is 20.6 Å². The number of likely N-dealkylation sites (tertiary alicyclic amines) is 1. The molecule has 1 saturated heterocycles. The van der Waals surface area contributed by atoms with Crippen molar-refractivity contribution in [3.63, 3.8) is 0 Å². The summed E-state index contributed by atoms with van der Waals surface area (Å²) in [5.74, 6) is 0.488. The Bertz CT molecular complexity index is 229. The van der Waals surface area contributed by atoms with Crippen LogP contribution in [0.2, 0.25) is 0 Å². The molecule has 1 aliphatic heterocycles. The van der Waals surface area contributed by atoms with Crippen molar-refractivity contribution in [3.8, 4) is 0 Å². The highest BCUT2D eigenvalue weighted by Crippen LogP contribution is 2.22. The third-order valence-corrected chi connectivity index (χ3v) is 3.87.